The first-order valence-corrected chi connectivity index (χ1v) is 10.9. The molecule has 0 saturated carbocycles. The van der Waals surface area contributed by atoms with E-state index >= 15 is 0 Å². The molecule has 10 heteroatoms. The first-order valence-electron chi connectivity index (χ1n) is 10.9. The Morgan fingerprint density at radius 3 is 2.63 bits per heavy atom. The Kier molecular flexibility index (Phi) is 7.54. The minimum Gasteiger partial charge on any atom is -0.398 e. The van der Waals surface area contributed by atoms with Crippen molar-refractivity contribution in [2.45, 2.75) is 12.6 Å². The molecule has 0 aliphatic carbocycles. The maximum absolute atomic E-state index is 14.1. The second kappa shape index (κ2) is 10.9. The number of aromatic nitrogens is 1. The lowest BCUT2D eigenvalue weighted by atomic mass is 10.0. The van der Waals surface area contributed by atoms with Crippen molar-refractivity contribution >= 4 is 29.0 Å². The molecule has 2 aromatic carbocycles. The molecule has 2 heterocycles. The quantitative estimate of drug-likeness (QED) is 0.208. The Balaban J connectivity index is 1.48. The summed E-state index contributed by atoms with van der Waals surface area (Å²) in [4.78, 5) is 10.3. The maximum Gasteiger partial charge on any atom is 0.130 e. The van der Waals surface area contributed by atoms with Gasteiger partial charge in [-0.15, -0.1) is 0 Å². The first-order chi connectivity index (χ1) is 17.0. The fourth-order valence-electron chi connectivity index (χ4n) is 3.79. The van der Waals surface area contributed by atoms with Crippen LogP contribution in [0.25, 0.3) is 0 Å². The zero-order valence-electron chi connectivity index (χ0n) is 18.9. The molecule has 1 atom stereocenters. The highest BCUT2D eigenvalue weighted by atomic mass is 19.1. The topological polar surface area (TPSA) is 126 Å². The Hall–Kier alpha value is -4.02. The van der Waals surface area contributed by atoms with Crippen molar-refractivity contribution in [3.63, 3.8) is 0 Å². The van der Waals surface area contributed by atoms with Crippen LogP contribution in [0.4, 0.5) is 20.2 Å². The van der Waals surface area contributed by atoms with Crippen molar-refractivity contribution in [3.05, 3.63) is 89.2 Å². The fraction of sp³-hybridized carbons (Fsp3) is 0.200. The lowest BCUT2D eigenvalue weighted by Gasteiger charge is -2.32. The van der Waals surface area contributed by atoms with Gasteiger partial charge in [0.2, 0.25) is 0 Å². The smallest absolute Gasteiger partial charge is 0.130 e. The van der Waals surface area contributed by atoms with Crippen LogP contribution in [0.2, 0.25) is 0 Å². The van der Waals surface area contributed by atoms with Crippen LogP contribution in [0, 0.1) is 17.0 Å². The van der Waals surface area contributed by atoms with Crippen molar-refractivity contribution in [1.82, 2.24) is 9.88 Å². The predicted octanol–water partition coefficient (Wildman–Crippen LogP) is 3.28. The van der Waals surface area contributed by atoms with E-state index in [1.807, 2.05) is 4.90 Å². The number of hydrogen-bond acceptors (Lipinski definition) is 8. The molecule has 4 rings (SSSR count). The van der Waals surface area contributed by atoms with Gasteiger partial charge in [-0.25, -0.2) is 8.78 Å². The van der Waals surface area contributed by atoms with Gasteiger partial charge in [0.15, 0.2) is 0 Å². The van der Waals surface area contributed by atoms with Crippen molar-refractivity contribution in [2.24, 2.45) is 15.9 Å². The molecule has 0 radical (unpaired) electrons. The van der Waals surface area contributed by atoms with E-state index in [4.69, 9.17) is 21.7 Å². The Morgan fingerprint density at radius 2 is 1.91 bits per heavy atom. The number of aliphatic imine (C=N–C) groups is 1. The molecule has 180 valence electrons. The van der Waals surface area contributed by atoms with Crippen LogP contribution in [0.15, 0.2) is 71.0 Å². The van der Waals surface area contributed by atoms with Crippen molar-refractivity contribution in [1.29, 1.82) is 5.41 Å². The molecule has 1 fully saturated rings. The summed E-state index contributed by atoms with van der Waals surface area (Å²) in [6.07, 6.45) is 4.19. The van der Waals surface area contributed by atoms with Crippen LogP contribution in [0.3, 0.4) is 0 Å². The lowest BCUT2D eigenvalue weighted by molar-refractivity contribution is 0.00345. The van der Waals surface area contributed by atoms with Crippen molar-refractivity contribution in [2.75, 3.05) is 25.4 Å². The summed E-state index contributed by atoms with van der Waals surface area (Å²) >= 11 is 0. The number of morpholine rings is 1. The van der Waals surface area contributed by atoms with Gasteiger partial charge in [0, 0.05) is 54.4 Å². The molecule has 0 spiro atoms. The van der Waals surface area contributed by atoms with E-state index in [1.54, 1.807) is 42.7 Å². The number of halogens is 2. The van der Waals surface area contributed by atoms with Gasteiger partial charge in [-0.1, -0.05) is 6.07 Å². The second-order valence-electron chi connectivity index (χ2n) is 7.99. The number of ether oxygens (including phenoxy) is 1. The number of nitrogen functional groups attached to an aromatic ring is 1. The van der Waals surface area contributed by atoms with E-state index in [0.29, 0.717) is 47.9 Å². The molecule has 1 aliphatic heterocycles. The second-order valence-corrected chi connectivity index (χ2v) is 7.99. The van der Waals surface area contributed by atoms with Crippen molar-refractivity contribution < 1.29 is 13.5 Å². The van der Waals surface area contributed by atoms with Gasteiger partial charge in [-0.3, -0.25) is 20.3 Å². The molecular formula is C25H25F2N7O. The minimum absolute atomic E-state index is 0.0131. The molecule has 35 heavy (non-hydrogen) atoms. The normalized spacial score (nSPS) is 17.1. The average Bonchev–Trinajstić information content (AvgIpc) is 2.88. The summed E-state index contributed by atoms with van der Waals surface area (Å²) in [6.45, 7) is 1.31. The Bertz CT molecular complexity index is 1240. The fourth-order valence-corrected chi connectivity index (χ4v) is 3.79. The number of rotatable bonds is 7. The molecule has 0 bridgehead atoms. The molecular weight excluding hydrogens is 452 g/mol. The van der Waals surface area contributed by atoms with Gasteiger partial charge in [0.1, 0.15) is 23.5 Å². The van der Waals surface area contributed by atoms with E-state index in [0.717, 1.165) is 0 Å². The summed E-state index contributed by atoms with van der Waals surface area (Å²) in [5.41, 5.74) is 8.95. The molecule has 5 N–H and O–H groups in total. The van der Waals surface area contributed by atoms with E-state index in [-0.39, 0.29) is 17.8 Å². The number of anilines is 1. The van der Waals surface area contributed by atoms with Gasteiger partial charge in [-0.2, -0.15) is 5.10 Å². The molecule has 1 saturated heterocycles. The van der Waals surface area contributed by atoms with Gasteiger partial charge in [0.25, 0.3) is 0 Å². The highest BCUT2D eigenvalue weighted by Crippen LogP contribution is 2.23. The van der Waals surface area contributed by atoms with Gasteiger partial charge >= 0.3 is 0 Å². The van der Waals surface area contributed by atoms with Crippen LogP contribution >= 0.6 is 0 Å². The summed E-state index contributed by atoms with van der Waals surface area (Å²) in [7, 11) is 0. The zero-order valence-corrected chi connectivity index (χ0v) is 18.9. The largest absolute Gasteiger partial charge is 0.398 e. The number of hydrogen-bond donors (Lipinski definition) is 3. The lowest BCUT2D eigenvalue weighted by Crippen LogP contribution is -2.46. The standard InChI is InChI=1S/C25H25F2N7O/c26-20-2-1-3-21(27)19(20)14-34-10-11-35-24(15-34)23(33-30)13-32-17-4-5-22(28)18(12-17)25(29)16-6-8-31-9-7-16/h1-9,12-13,24,29H,10-11,14-15,28,30H2. The SMILES string of the molecule is N=C(c1ccncc1)c1cc(N=CC(=NN)C2CN(Cc3c(F)cccc3F)CCO2)ccc1N. The summed E-state index contributed by atoms with van der Waals surface area (Å²) in [6, 6.07) is 12.4. The summed E-state index contributed by atoms with van der Waals surface area (Å²) in [5.74, 6) is 4.44. The van der Waals surface area contributed by atoms with Crippen molar-refractivity contribution in [3.8, 4) is 0 Å². The molecule has 1 unspecified atom stereocenters. The van der Waals surface area contributed by atoms with E-state index in [9.17, 15) is 8.78 Å². The number of hydrazone groups is 1. The molecule has 1 aliphatic rings. The zero-order chi connectivity index (χ0) is 24.8. The third kappa shape index (κ3) is 5.73. The Labute approximate surface area is 201 Å². The van der Waals surface area contributed by atoms with Crippen LogP contribution in [-0.2, 0) is 11.3 Å². The number of pyridine rings is 1. The Morgan fingerprint density at radius 1 is 1.17 bits per heavy atom. The highest BCUT2D eigenvalue weighted by molar-refractivity contribution is 6.33. The van der Waals surface area contributed by atoms with E-state index < -0.39 is 17.7 Å². The molecule has 3 aromatic rings. The predicted molar refractivity (Wildman–Crippen MR) is 132 cm³/mol. The minimum atomic E-state index is -0.584. The summed E-state index contributed by atoms with van der Waals surface area (Å²) < 4.78 is 33.9. The number of nitrogens with zero attached hydrogens (tertiary/aromatic N) is 4. The molecule has 1 aromatic heterocycles. The highest BCUT2D eigenvalue weighted by Gasteiger charge is 2.26. The summed E-state index contributed by atoms with van der Waals surface area (Å²) in [5, 5.41) is 12.3. The third-order valence-electron chi connectivity index (χ3n) is 5.69. The van der Waals surface area contributed by atoms with Gasteiger partial charge in [0.05, 0.1) is 24.2 Å². The molecule has 8 nitrogen and oxygen atoms in total. The van der Waals surface area contributed by atoms with E-state index in [1.165, 1.54) is 24.4 Å². The van der Waals surface area contributed by atoms with Gasteiger partial charge in [-0.05, 0) is 42.5 Å². The number of benzene rings is 2. The van der Waals surface area contributed by atoms with Crippen LogP contribution in [-0.4, -0.2) is 53.3 Å². The monoisotopic (exact) mass is 477 g/mol. The van der Waals surface area contributed by atoms with Crippen LogP contribution in [0.5, 0.6) is 0 Å². The third-order valence-corrected chi connectivity index (χ3v) is 5.69. The van der Waals surface area contributed by atoms with Crippen LogP contribution < -0.4 is 11.6 Å². The first kappa shape index (κ1) is 24.1. The number of nitrogens with two attached hydrogens (primary N) is 2. The molecule has 0 amide bonds. The number of nitrogens with one attached hydrogen (secondary N) is 1. The maximum atomic E-state index is 14.1. The van der Waals surface area contributed by atoms with Crippen LogP contribution in [0.1, 0.15) is 16.7 Å². The van der Waals surface area contributed by atoms with Gasteiger partial charge < -0.3 is 16.3 Å². The average molecular weight is 478 g/mol. The van der Waals surface area contributed by atoms with E-state index in [2.05, 4.69) is 15.1 Å².